The summed E-state index contributed by atoms with van der Waals surface area (Å²) in [6.45, 7) is 8.36. The Balaban J connectivity index is 1.69. The quantitative estimate of drug-likeness (QED) is 0.887. The van der Waals surface area contributed by atoms with Gasteiger partial charge in [-0.1, -0.05) is 44.5 Å². The summed E-state index contributed by atoms with van der Waals surface area (Å²) in [6.07, 6.45) is 4.20. The van der Waals surface area contributed by atoms with Gasteiger partial charge in [0.15, 0.2) is 0 Å². The number of ether oxygens (including phenoxy) is 1. The fraction of sp³-hybridized carbons (Fsp3) is 0.667. The predicted octanol–water partition coefficient (Wildman–Crippen LogP) is 4.53. The molecule has 2 saturated carbocycles. The molecular weight excluding hydrogens is 282 g/mol. The Kier molecular flexibility index (Phi) is 3.84. The van der Waals surface area contributed by atoms with Crippen LogP contribution in [0.3, 0.4) is 0 Å². The summed E-state index contributed by atoms with van der Waals surface area (Å²) in [5.74, 6) is 0.808. The lowest BCUT2D eigenvalue weighted by molar-refractivity contribution is -0.0550. The standard InChI is InChI=1S/C18H26ClNO/c1-17(2)14-6-7-18(17,3)16(9-14)21-11-13-5-4-12(10-20)8-15(13)19/h4-5,8,14,16H,6-7,9-11,20H2,1-3H3. The van der Waals surface area contributed by atoms with Gasteiger partial charge in [0.1, 0.15) is 0 Å². The largest absolute Gasteiger partial charge is 0.373 e. The second-order valence-corrected chi connectivity index (χ2v) is 7.95. The van der Waals surface area contributed by atoms with Gasteiger partial charge in [-0.15, -0.1) is 0 Å². The zero-order chi connectivity index (χ0) is 15.3. The molecule has 2 bridgehead atoms. The van der Waals surface area contributed by atoms with Crippen molar-refractivity contribution in [3.05, 3.63) is 34.3 Å². The topological polar surface area (TPSA) is 35.2 Å². The molecule has 3 rings (SSSR count). The van der Waals surface area contributed by atoms with Crippen LogP contribution in [0.15, 0.2) is 18.2 Å². The Hall–Kier alpha value is -0.570. The Morgan fingerprint density at radius 2 is 2.10 bits per heavy atom. The third-order valence-electron chi connectivity index (χ3n) is 6.51. The summed E-state index contributed by atoms with van der Waals surface area (Å²) in [5.41, 5.74) is 8.48. The summed E-state index contributed by atoms with van der Waals surface area (Å²) in [5, 5.41) is 0.769. The fourth-order valence-corrected chi connectivity index (χ4v) is 4.67. The van der Waals surface area contributed by atoms with Crippen molar-refractivity contribution in [3.8, 4) is 0 Å². The van der Waals surface area contributed by atoms with Crippen molar-refractivity contribution in [2.45, 2.75) is 59.3 Å². The van der Waals surface area contributed by atoms with Crippen molar-refractivity contribution in [2.24, 2.45) is 22.5 Å². The Labute approximate surface area is 133 Å². The van der Waals surface area contributed by atoms with Crippen LogP contribution in [-0.2, 0) is 17.9 Å². The maximum atomic E-state index is 6.33. The van der Waals surface area contributed by atoms with E-state index in [1.165, 1.54) is 19.3 Å². The SMILES string of the molecule is CC1(C)C2CCC1(C)C(OCc1ccc(CN)cc1Cl)C2. The number of fused-ring (bicyclic) bond motifs is 2. The molecule has 3 heteroatoms. The highest BCUT2D eigenvalue weighted by Crippen LogP contribution is 2.66. The minimum absolute atomic E-state index is 0.307. The Bertz CT molecular complexity index is 542. The molecule has 0 aromatic heterocycles. The number of benzene rings is 1. The van der Waals surface area contributed by atoms with Gasteiger partial charge in [0, 0.05) is 11.6 Å². The molecule has 1 aromatic carbocycles. The molecule has 3 unspecified atom stereocenters. The number of halogens is 1. The van der Waals surface area contributed by atoms with Gasteiger partial charge < -0.3 is 10.5 Å². The maximum Gasteiger partial charge on any atom is 0.0735 e. The first-order chi connectivity index (χ1) is 9.88. The molecular formula is C18H26ClNO. The van der Waals surface area contributed by atoms with Crippen LogP contribution in [0.5, 0.6) is 0 Å². The summed E-state index contributed by atoms with van der Waals surface area (Å²) < 4.78 is 6.30. The molecule has 0 spiro atoms. The average Bonchev–Trinajstić information content (AvgIpc) is 2.78. The van der Waals surface area contributed by atoms with Crippen LogP contribution in [0.4, 0.5) is 0 Å². The van der Waals surface area contributed by atoms with E-state index in [2.05, 4.69) is 20.8 Å². The summed E-state index contributed by atoms with van der Waals surface area (Å²) >= 11 is 6.33. The molecule has 2 aliphatic rings. The third-order valence-corrected chi connectivity index (χ3v) is 6.86. The molecule has 21 heavy (non-hydrogen) atoms. The minimum Gasteiger partial charge on any atom is -0.373 e. The number of hydrogen-bond donors (Lipinski definition) is 1. The van der Waals surface area contributed by atoms with Gasteiger partial charge in [-0.2, -0.15) is 0 Å². The summed E-state index contributed by atoms with van der Waals surface area (Å²) in [6, 6.07) is 6.04. The zero-order valence-corrected chi connectivity index (χ0v) is 14.0. The third kappa shape index (κ3) is 2.32. The van der Waals surface area contributed by atoms with E-state index < -0.39 is 0 Å². The molecule has 0 saturated heterocycles. The molecule has 2 N–H and O–H groups in total. The molecule has 2 nitrogen and oxygen atoms in total. The first kappa shape index (κ1) is 15.3. The van der Waals surface area contributed by atoms with E-state index in [1.807, 2.05) is 18.2 Å². The van der Waals surface area contributed by atoms with Gasteiger partial charge in [-0.25, -0.2) is 0 Å². The predicted molar refractivity (Wildman–Crippen MR) is 87.1 cm³/mol. The molecule has 0 heterocycles. The van der Waals surface area contributed by atoms with Crippen LogP contribution in [0, 0.1) is 16.7 Å². The van der Waals surface area contributed by atoms with Crippen molar-refractivity contribution in [3.63, 3.8) is 0 Å². The molecule has 0 amide bonds. The minimum atomic E-state index is 0.307. The summed E-state index contributed by atoms with van der Waals surface area (Å²) in [7, 11) is 0. The van der Waals surface area contributed by atoms with Crippen LogP contribution < -0.4 is 5.73 Å². The van der Waals surface area contributed by atoms with Crippen LogP contribution in [0.1, 0.15) is 51.2 Å². The fourth-order valence-electron chi connectivity index (χ4n) is 4.41. The van der Waals surface area contributed by atoms with Crippen molar-refractivity contribution in [2.75, 3.05) is 0 Å². The van der Waals surface area contributed by atoms with Gasteiger partial charge in [-0.3, -0.25) is 0 Å². The molecule has 3 atom stereocenters. The molecule has 0 aliphatic heterocycles. The van der Waals surface area contributed by atoms with Crippen molar-refractivity contribution in [1.82, 2.24) is 0 Å². The van der Waals surface area contributed by atoms with Gasteiger partial charge >= 0.3 is 0 Å². The maximum absolute atomic E-state index is 6.33. The van der Waals surface area contributed by atoms with Gasteiger partial charge in [0.2, 0.25) is 0 Å². The van der Waals surface area contributed by atoms with Crippen LogP contribution in [-0.4, -0.2) is 6.10 Å². The second kappa shape index (κ2) is 5.26. The number of rotatable bonds is 4. The molecule has 1 aromatic rings. The number of nitrogens with two attached hydrogens (primary N) is 1. The van der Waals surface area contributed by atoms with Crippen molar-refractivity contribution >= 4 is 11.6 Å². The lowest BCUT2D eigenvalue weighted by Gasteiger charge is -2.39. The van der Waals surface area contributed by atoms with Crippen molar-refractivity contribution in [1.29, 1.82) is 0 Å². The molecule has 2 aliphatic carbocycles. The van der Waals surface area contributed by atoms with Crippen LogP contribution in [0.2, 0.25) is 5.02 Å². The normalized spacial score (nSPS) is 33.6. The first-order valence-corrected chi connectivity index (χ1v) is 8.35. The Morgan fingerprint density at radius 3 is 2.62 bits per heavy atom. The smallest absolute Gasteiger partial charge is 0.0735 e. The lowest BCUT2D eigenvalue weighted by Crippen LogP contribution is -2.37. The molecule has 0 radical (unpaired) electrons. The van der Waals surface area contributed by atoms with E-state index in [0.717, 1.165) is 22.1 Å². The van der Waals surface area contributed by atoms with E-state index in [4.69, 9.17) is 22.1 Å². The van der Waals surface area contributed by atoms with Gasteiger partial charge in [-0.05, 0) is 53.2 Å². The molecule has 116 valence electrons. The molecule has 2 fully saturated rings. The average molecular weight is 308 g/mol. The number of hydrogen-bond acceptors (Lipinski definition) is 2. The highest BCUT2D eigenvalue weighted by molar-refractivity contribution is 6.31. The lowest BCUT2D eigenvalue weighted by atomic mass is 9.70. The van der Waals surface area contributed by atoms with Gasteiger partial charge in [0.05, 0.1) is 12.7 Å². The van der Waals surface area contributed by atoms with E-state index in [-0.39, 0.29) is 0 Å². The second-order valence-electron chi connectivity index (χ2n) is 7.54. The Morgan fingerprint density at radius 1 is 1.33 bits per heavy atom. The van der Waals surface area contributed by atoms with E-state index in [1.54, 1.807) is 0 Å². The monoisotopic (exact) mass is 307 g/mol. The van der Waals surface area contributed by atoms with Crippen molar-refractivity contribution < 1.29 is 4.74 Å². The summed E-state index contributed by atoms with van der Waals surface area (Å²) in [4.78, 5) is 0. The van der Waals surface area contributed by atoms with Crippen LogP contribution in [0.25, 0.3) is 0 Å². The zero-order valence-electron chi connectivity index (χ0n) is 13.3. The van der Waals surface area contributed by atoms with Gasteiger partial charge in [0.25, 0.3) is 0 Å². The van der Waals surface area contributed by atoms with E-state index >= 15 is 0 Å². The van der Waals surface area contributed by atoms with Crippen LogP contribution >= 0.6 is 11.6 Å². The van der Waals surface area contributed by atoms with E-state index in [0.29, 0.717) is 30.1 Å². The first-order valence-electron chi connectivity index (χ1n) is 7.97. The highest BCUT2D eigenvalue weighted by Gasteiger charge is 2.61. The highest BCUT2D eigenvalue weighted by atomic mass is 35.5. The van der Waals surface area contributed by atoms with E-state index in [9.17, 15) is 0 Å².